The summed E-state index contributed by atoms with van der Waals surface area (Å²) in [7, 11) is 0. The Morgan fingerprint density at radius 2 is 0.943 bits per heavy atom. The van der Waals surface area contributed by atoms with Crippen molar-refractivity contribution in [3.8, 4) is 0 Å². The maximum absolute atomic E-state index is 11.9. The van der Waals surface area contributed by atoms with Gasteiger partial charge < -0.3 is 29.6 Å². The van der Waals surface area contributed by atoms with Crippen molar-refractivity contribution in [3.63, 3.8) is 0 Å². The number of carbonyl (C=O) groups excluding carboxylic acids is 4. The topological polar surface area (TPSA) is 129 Å². The van der Waals surface area contributed by atoms with E-state index in [2.05, 4.69) is 23.8 Å². The predicted octanol–water partition coefficient (Wildman–Crippen LogP) is 3.40. The molecule has 0 bridgehead atoms. The van der Waals surface area contributed by atoms with Gasteiger partial charge in [-0.1, -0.05) is 13.2 Å². The van der Waals surface area contributed by atoms with Gasteiger partial charge in [0, 0.05) is 24.2 Å². The Bertz CT molecular complexity index is 665. The summed E-state index contributed by atoms with van der Waals surface area (Å²) in [4.78, 5) is 45.7. The average molecular weight is 495 g/mol. The average Bonchev–Trinajstić information content (AvgIpc) is 2.86. The molecule has 2 aliphatic rings. The van der Waals surface area contributed by atoms with Gasteiger partial charge >= 0.3 is 24.1 Å². The lowest BCUT2D eigenvalue weighted by atomic mass is 9.76. The summed E-state index contributed by atoms with van der Waals surface area (Å²) >= 11 is 0. The van der Waals surface area contributed by atoms with Crippen LogP contribution in [0.2, 0.25) is 0 Å². The van der Waals surface area contributed by atoms with Crippen LogP contribution in [-0.2, 0) is 28.5 Å². The van der Waals surface area contributed by atoms with Gasteiger partial charge in [-0.05, 0) is 69.6 Å². The Morgan fingerprint density at radius 1 is 0.600 bits per heavy atom. The van der Waals surface area contributed by atoms with Gasteiger partial charge in [0.05, 0.1) is 0 Å². The maximum Gasteiger partial charge on any atom is 0.407 e. The molecule has 0 heterocycles. The first kappa shape index (κ1) is 28.2. The van der Waals surface area contributed by atoms with E-state index in [0.29, 0.717) is 11.8 Å². The van der Waals surface area contributed by atoms with Crippen molar-refractivity contribution >= 4 is 24.1 Å². The fourth-order valence-corrected chi connectivity index (χ4v) is 4.64. The fraction of sp³-hybridized carbons (Fsp3) is 0.680. The molecule has 2 aliphatic carbocycles. The Morgan fingerprint density at radius 3 is 1.29 bits per heavy atom. The zero-order chi connectivity index (χ0) is 25.5. The van der Waals surface area contributed by atoms with Crippen molar-refractivity contribution in [2.45, 2.75) is 69.9 Å². The third-order valence-electron chi connectivity index (χ3n) is 6.46. The highest BCUT2D eigenvalue weighted by Crippen LogP contribution is 2.35. The second-order valence-corrected chi connectivity index (χ2v) is 8.97. The van der Waals surface area contributed by atoms with Crippen LogP contribution in [0, 0.1) is 11.8 Å². The van der Waals surface area contributed by atoms with Crippen LogP contribution in [0.3, 0.4) is 0 Å². The van der Waals surface area contributed by atoms with Crippen LogP contribution in [0.25, 0.3) is 0 Å². The molecule has 10 nitrogen and oxygen atoms in total. The Labute approximate surface area is 206 Å². The molecule has 0 aromatic rings. The predicted molar refractivity (Wildman–Crippen MR) is 127 cm³/mol. The van der Waals surface area contributed by atoms with Gasteiger partial charge in [0.15, 0.2) is 0 Å². The molecule has 0 aliphatic heterocycles. The largest absolute Gasteiger partial charge is 0.459 e. The van der Waals surface area contributed by atoms with Crippen LogP contribution in [0.15, 0.2) is 25.3 Å². The SMILES string of the molecule is C=CC(=O)OCCOC(=O)NC1CCC(CC2CCC(NC(=O)OCCOC(=O)C=C)CC2)CC1. The molecule has 2 amide bonds. The number of ether oxygens (including phenoxy) is 4. The molecule has 0 saturated heterocycles. The summed E-state index contributed by atoms with van der Waals surface area (Å²) in [5.41, 5.74) is 0. The lowest BCUT2D eigenvalue weighted by Crippen LogP contribution is -2.39. The number of hydrogen-bond acceptors (Lipinski definition) is 8. The normalized spacial score (nSPS) is 23.8. The molecule has 35 heavy (non-hydrogen) atoms. The van der Waals surface area contributed by atoms with Gasteiger partial charge in [-0.2, -0.15) is 0 Å². The van der Waals surface area contributed by atoms with E-state index in [1.165, 1.54) is 6.42 Å². The molecular formula is C25H38N2O8. The van der Waals surface area contributed by atoms with Crippen molar-refractivity contribution in [2.24, 2.45) is 11.8 Å². The van der Waals surface area contributed by atoms with Gasteiger partial charge in [0.1, 0.15) is 26.4 Å². The molecule has 2 rings (SSSR count). The number of amides is 2. The smallest absolute Gasteiger partial charge is 0.407 e. The van der Waals surface area contributed by atoms with E-state index in [0.717, 1.165) is 63.5 Å². The van der Waals surface area contributed by atoms with Crippen LogP contribution in [0.1, 0.15) is 57.8 Å². The molecule has 2 N–H and O–H groups in total. The zero-order valence-electron chi connectivity index (χ0n) is 20.3. The molecule has 0 aromatic carbocycles. The Kier molecular flexibility index (Phi) is 12.7. The van der Waals surface area contributed by atoms with Crippen LogP contribution in [0.5, 0.6) is 0 Å². The maximum atomic E-state index is 11.9. The van der Waals surface area contributed by atoms with Gasteiger partial charge in [0.25, 0.3) is 0 Å². The van der Waals surface area contributed by atoms with Crippen LogP contribution in [0.4, 0.5) is 9.59 Å². The van der Waals surface area contributed by atoms with Gasteiger partial charge in [-0.25, -0.2) is 19.2 Å². The first-order valence-electron chi connectivity index (χ1n) is 12.3. The van der Waals surface area contributed by atoms with E-state index in [1.807, 2.05) is 0 Å². The molecule has 2 fully saturated rings. The monoisotopic (exact) mass is 494 g/mol. The summed E-state index contributed by atoms with van der Waals surface area (Å²) in [5.74, 6) is 0.223. The van der Waals surface area contributed by atoms with E-state index in [1.54, 1.807) is 0 Å². The van der Waals surface area contributed by atoms with E-state index < -0.39 is 24.1 Å². The standard InChI is InChI=1S/C25H38N2O8/c1-3-22(28)32-13-15-34-24(30)26-20-9-5-18(6-10-20)17-19-7-11-21(12-8-19)27-25(31)35-16-14-33-23(29)4-2/h3-4,18-21H,1-2,5-17H2,(H,26,30)(H,27,31). The molecule has 0 aromatic heterocycles. The first-order chi connectivity index (χ1) is 16.9. The first-order valence-corrected chi connectivity index (χ1v) is 12.3. The van der Waals surface area contributed by atoms with Crippen LogP contribution >= 0.6 is 0 Å². The second kappa shape index (κ2) is 15.8. The summed E-state index contributed by atoms with van der Waals surface area (Å²) < 4.78 is 19.6. The zero-order valence-corrected chi connectivity index (χ0v) is 20.3. The van der Waals surface area contributed by atoms with E-state index in [9.17, 15) is 19.2 Å². The summed E-state index contributed by atoms with van der Waals surface area (Å²) in [6.45, 7) is 6.65. The number of alkyl carbamates (subject to hydrolysis) is 2. The van der Waals surface area contributed by atoms with Crippen LogP contribution in [-0.4, -0.2) is 62.6 Å². The van der Waals surface area contributed by atoms with E-state index in [-0.39, 0.29) is 38.5 Å². The van der Waals surface area contributed by atoms with Crippen LogP contribution < -0.4 is 10.6 Å². The molecule has 0 radical (unpaired) electrons. The number of hydrogen-bond donors (Lipinski definition) is 2. The molecule has 196 valence electrons. The molecule has 0 atom stereocenters. The third kappa shape index (κ3) is 11.8. The Hall–Kier alpha value is -3.04. The lowest BCUT2D eigenvalue weighted by Gasteiger charge is -2.34. The van der Waals surface area contributed by atoms with Crippen molar-refractivity contribution in [3.05, 3.63) is 25.3 Å². The summed E-state index contributed by atoms with van der Waals surface area (Å²) in [6, 6.07) is 0.224. The molecule has 2 saturated carbocycles. The summed E-state index contributed by atoms with van der Waals surface area (Å²) in [6.07, 6.45) is 10.3. The highest BCUT2D eigenvalue weighted by Gasteiger charge is 2.28. The second-order valence-electron chi connectivity index (χ2n) is 8.97. The van der Waals surface area contributed by atoms with Crippen molar-refractivity contribution in [2.75, 3.05) is 26.4 Å². The lowest BCUT2D eigenvalue weighted by molar-refractivity contribution is -0.139. The number of nitrogens with one attached hydrogen (secondary N) is 2. The minimum atomic E-state index is -0.541. The minimum Gasteiger partial charge on any atom is -0.459 e. The van der Waals surface area contributed by atoms with Gasteiger partial charge in [0.2, 0.25) is 0 Å². The Balaban J connectivity index is 1.52. The number of esters is 2. The van der Waals surface area contributed by atoms with E-state index >= 15 is 0 Å². The van der Waals surface area contributed by atoms with E-state index in [4.69, 9.17) is 18.9 Å². The fourth-order valence-electron chi connectivity index (χ4n) is 4.64. The van der Waals surface area contributed by atoms with Crippen molar-refractivity contribution < 1.29 is 38.1 Å². The van der Waals surface area contributed by atoms with Crippen molar-refractivity contribution in [1.29, 1.82) is 0 Å². The number of rotatable bonds is 12. The summed E-state index contributed by atoms with van der Waals surface area (Å²) in [5, 5.41) is 5.79. The van der Waals surface area contributed by atoms with Gasteiger partial charge in [-0.15, -0.1) is 0 Å². The highest BCUT2D eigenvalue weighted by atomic mass is 16.6. The van der Waals surface area contributed by atoms with Crippen molar-refractivity contribution in [1.82, 2.24) is 10.6 Å². The highest BCUT2D eigenvalue weighted by molar-refractivity contribution is 5.81. The molecule has 0 spiro atoms. The molecular weight excluding hydrogens is 456 g/mol. The minimum absolute atomic E-state index is 0.0111. The molecule has 10 heteroatoms. The molecule has 0 unspecified atom stereocenters. The van der Waals surface area contributed by atoms with Gasteiger partial charge in [-0.3, -0.25) is 0 Å². The third-order valence-corrected chi connectivity index (χ3v) is 6.46. The number of carbonyl (C=O) groups is 4. The quantitative estimate of drug-likeness (QED) is 0.183.